The van der Waals surface area contributed by atoms with Crippen LogP contribution in [0.25, 0.3) is 11.7 Å². The summed E-state index contributed by atoms with van der Waals surface area (Å²) in [6.07, 6.45) is 0.902. The van der Waals surface area contributed by atoms with Crippen LogP contribution in [0, 0.1) is 11.8 Å². The fourth-order valence-corrected chi connectivity index (χ4v) is 1.97. The zero-order valence-electron chi connectivity index (χ0n) is 11.9. The summed E-state index contributed by atoms with van der Waals surface area (Å²) in [5, 5.41) is 13.5. The number of hydrogen-bond donors (Lipinski definition) is 1. The molecule has 1 saturated heterocycles. The van der Waals surface area contributed by atoms with E-state index in [9.17, 15) is 5.11 Å². The van der Waals surface area contributed by atoms with E-state index in [-0.39, 0.29) is 5.92 Å². The summed E-state index contributed by atoms with van der Waals surface area (Å²) in [6.45, 7) is 4.57. The minimum atomic E-state index is -1.06. The Hall–Kier alpha value is -2.10. The van der Waals surface area contributed by atoms with E-state index in [0.29, 0.717) is 29.8 Å². The molecule has 1 aliphatic rings. The van der Waals surface area contributed by atoms with E-state index in [1.54, 1.807) is 26.0 Å². The molecule has 1 fully saturated rings. The first-order chi connectivity index (χ1) is 10.0. The minimum absolute atomic E-state index is 0.187. The Bertz CT molecular complexity index is 678. The van der Waals surface area contributed by atoms with Crippen molar-refractivity contribution in [3.63, 3.8) is 0 Å². The van der Waals surface area contributed by atoms with Gasteiger partial charge in [-0.15, -0.1) is 0 Å². The van der Waals surface area contributed by atoms with E-state index in [1.165, 1.54) is 0 Å². The van der Waals surface area contributed by atoms with Crippen LogP contribution in [0.3, 0.4) is 0 Å². The Morgan fingerprint density at radius 3 is 2.95 bits per heavy atom. The Labute approximate surface area is 122 Å². The van der Waals surface area contributed by atoms with E-state index in [0.717, 1.165) is 13.0 Å². The van der Waals surface area contributed by atoms with E-state index in [2.05, 4.69) is 22.0 Å². The first-order valence-corrected chi connectivity index (χ1v) is 6.78. The van der Waals surface area contributed by atoms with Crippen molar-refractivity contribution in [1.29, 1.82) is 0 Å². The molecular formula is C15H16N2O4. The zero-order valence-corrected chi connectivity index (χ0v) is 11.9. The highest BCUT2D eigenvalue weighted by Crippen LogP contribution is 2.26. The number of furan rings is 1. The van der Waals surface area contributed by atoms with Gasteiger partial charge < -0.3 is 18.8 Å². The SMILES string of the molecule is CC(C)(O)C#Cc1ccc(-c2nc([C@H]3CCOC3)no2)o1. The van der Waals surface area contributed by atoms with Gasteiger partial charge in [0.05, 0.1) is 6.61 Å². The zero-order chi connectivity index (χ0) is 14.9. The fraction of sp³-hybridized carbons (Fsp3) is 0.467. The largest absolute Gasteiger partial charge is 0.443 e. The standard InChI is InChI=1S/C15H16N2O4/c1-15(2,18)7-5-11-3-4-12(20-11)14-16-13(17-21-14)10-6-8-19-9-10/h3-4,10,18H,6,8-9H2,1-2H3/t10-/m0/s1. The average Bonchev–Trinajstić information content (AvgIpc) is 3.15. The van der Waals surface area contributed by atoms with Gasteiger partial charge in [-0.3, -0.25) is 0 Å². The smallest absolute Gasteiger partial charge is 0.293 e. The molecule has 2 aromatic rings. The van der Waals surface area contributed by atoms with E-state index < -0.39 is 5.60 Å². The van der Waals surface area contributed by atoms with Crippen molar-refractivity contribution in [3.8, 4) is 23.5 Å². The lowest BCUT2D eigenvalue weighted by atomic mass is 10.1. The van der Waals surface area contributed by atoms with Crippen LogP contribution in [0.1, 0.15) is 37.8 Å². The Morgan fingerprint density at radius 1 is 1.38 bits per heavy atom. The van der Waals surface area contributed by atoms with Crippen molar-refractivity contribution in [2.45, 2.75) is 31.8 Å². The van der Waals surface area contributed by atoms with Crippen LogP contribution in [-0.4, -0.2) is 34.1 Å². The third kappa shape index (κ3) is 3.32. The summed E-state index contributed by atoms with van der Waals surface area (Å²) in [6, 6.07) is 3.42. The predicted octanol–water partition coefficient (Wildman–Crippen LogP) is 1.96. The van der Waals surface area contributed by atoms with Crippen molar-refractivity contribution >= 4 is 0 Å². The molecule has 1 atom stereocenters. The molecule has 21 heavy (non-hydrogen) atoms. The summed E-state index contributed by atoms with van der Waals surface area (Å²) in [5.41, 5.74) is -1.06. The lowest BCUT2D eigenvalue weighted by molar-refractivity contribution is 0.143. The lowest BCUT2D eigenvalue weighted by Crippen LogP contribution is -2.14. The third-order valence-corrected chi connectivity index (χ3v) is 3.04. The molecule has 1 N–H and O–H groups in total. The van der Waals surface area contributed by atoms with Gasteiger partial charge in [0, 0.05) is 12.5 Å². The molecular weight excluding hydrogens is 272 g/mol. The number of aliphatic hydroxyl groups is 1. The van der Waals surface area contributed by atoms with Crippen molar-refractivity contribution in [1.82, 2.24) is 10.1 Å². The third-order valence-electron chi connectivity index (χ3n) is 3.04. The highest BCUT2D eigenvalue weighted by molar-refractivity contribution is 5.46. The van der Waals surface area contributed by atoms with Gasteiger partial charge in [-0.25, -0.2) is 0 Å². The van der Waals surface area contributed by atoms with Gasteiger partial charge in [0.15, 0.2) is 17.3 Å². The molecule has 0 radical (unpaired) electrons. The molecule has 0 spiro atoms. The molecule has 3 heterocycles. The molecule has 110 valence electrons. The van der Waals surface area contributed by atoms with Crippen molar-refractivity contribution < 1.29 is 18.8 Å². The first kappa shape index (κ1) is 13.9. The molecule has 6 heteroatoms. The summed E-state index contributed by atoms with van der Waals surface area (Å²) in [4.78, 5) is 4.34. The Kier molecular flexibility index (Phi) is 3.53. The fourth-order valence-electron chi connectivity index (χ4n) is 1.97. The van der Waals surface area contributed by atoms with Gasteiger partial charge in [0.2, 0.25) is 0 Å². The molecule has 6 nitrogen and oxygen atoms in total. The van der Waals surface area contributed by atoms with Crippen LogP contribution in [0.15, 0.2) is 21.1 Å². The maximum absolute atomic E-state index is 9.56. The highest BCUT2D eigenvalue weighted by Gasteiger charge is 2.24. The van der Waals surface area contributed by atoms with Crippen LogP contribution in [0.2, 0.25) is 0 Å². The molecule has 3 rings (SSSR count). The van der Waals surface area contributed by atoms with Gasteiger partial charge in [-0.1, -0.05) is 11.1 Å². The lowest BCUT2D eigenvalue weighted by Gasteiger charge is -2.05. The van der Waals surface area contributed by atoms with Gasteiger partial charge in [0.25, 0.3) is 5.89 Å². The van der Waals surface area contributed by atoms with Crippen molar-refractivity contribution in [2.75, 3.05) is 13.2 Å². The van der Waals surface area contributed by atoms with Gasteiger partial charge in [0.1, 0.15) is 5.60 Å². The molecule has 0 saturated carbocycles. The molecule has 0 amide bonds. The molecule has 0 aliphatic carbocycles. The van der Waals surface area contributed by atoms with Crippen LogP contribution in [-0.2, 0) is 4.74 Å². The number of hydrogen-bond acceptors (Lipinski definition) is 6. The van der Waals surface area contributed by atoms with Crippen LogP contribution in [0.4, 0.5) is 0 Å². The summed E-state index contributed by atoms with van der Waals surface area (Å²) < 4.78 is 16.1. The highest BCUT2D eigenvalue weighted by atomic mass is 16.5. The summed E-state index contributed by atoms with van der Waals surface area (Å²) in [5.74, 6) is 7.50. The van der Waals surface area contributed by atoms with Crippen molar-refractivity contribution in [3.05, 3.63) is 23.7 Å². The maximum atomic E-state index is 9.56. The second-order valence-electron chi connectivity index (χ2n) is 5.49. The average molecular weight is 288 g/mol. The molecule has 2 aromatic heterocycles. The predicted molar refractivity (Wildman–Crippen MR) is 73.4 cm³/mol. The normalized spacial score (nSPS) is 18.5. The Morgan fingerprint density at radius 2 is 2.24 bits per heavy atom. The minimum Gasteiger partial charge on any atom is -0.443 e. The molecule has 0 unspecified atom stereocenters. The maximum Gasteiger partial charge on any atom is 0.293 e. The van der Waals surface area contributed by atoms with Crippen LogP contribution >= 0.6 is 0 Å². The van der Waals surface area contributed by atoms with Crippen molar-refractivity contribution in [2.24, 2.45) is 0 Å². The molecule has 0 aromatic carbocycles. The molecule has 1 aliphatic heterocycles. The number of ether oxygens (including phenoxy) is 1. The monoisotopic (exact) mass is 288 g/mol. The van der Waals surface area contributed by atoms with E-state index in [4.69, 9.17) is 13.7 Å². The van der Waals surface area contributed by atoms with E-state index >= 15 is 0 Å². The second-order valence-corrected chi connectivity index (χ2v) is 5.49. The summed E-state index contributed by atoms with van der Waals surface area (Å²) >= 11 is 0. The van der Waals surface area contributed by atoms with Gasteiger partial charge in [-0.2, -0.15) is 4.98 Å². The van der Waals surface area contributed by atoms with Crippen LogP contribution < -0.4 is 0 Å². The number of rotatable bonds is 2. The quantitative estimate of drug-likeness (QED) is 0.851. The summed E-state index contributed by atoms with van der Waals surface area (Å²) in [7, 11) is 0. The molecule has 0 bridgehead atoms. The van der Waals surface area contributed by atoms with Crippen LogP contribution in [0.5, 0.6) is 0 Å². The second kappa shape index (κ2) is 5.35. The van der Waals surface area contributed by atoms with Gasteiger partial charge in [-0.05, 0) is 38.3 Å². The Balaban J connectivity index is 1.78. The van der Waals surface area contributed by atoms with Gasteiger partial charge >= 0.3 is 0 Å². The topological polar surface area (TPSA) is 81.5 Å². The van der Waals surface area contributed by atoms with E-state index in [1.807, 2.05) is 0 Å². The first-order valence-electron chi connectivity index (χ1n) is 6.78. The number of nitrogens with zero attached hydrogens (tertiary/aromatic N) is 2. The number of aromatic nitrogens is 2.